The number of para-hydroxylation sites is 4. The average Bonchev–Trinajstić information content (AvgIpc) is 3.83. The number of nitrogens with zero attached hydrogens (tertiary/aromatic N) is 14. The molecule has 20 nitrogen and oxygen atoms in total. The maximum atomic E-state index is 10.6. The predicted octanol–water partition coefficient (Wildman–Crippen LogP) is -2.65. The van der Waals surface area contributed by atoms with Gasteiger partial charge >= 0.3 is 0 Å². The second-order valence-corrected chi connectivity index (χ2v) is 14.1. The average molecular weight is 930 g/mol. The van der Waals surface area contributed by atoms with E-state index in [2.05, 4.69) is 40.9 Å². The van der Waals surface area contributed by atoms with E-state index in [0.717, 1.165) is 9.46 Å². The highest BCUT2D eigenvalue weighted by atomic mass is 35.5. The zero-order chi connectivity index (χ0) is 44.6. The third-order valence-corrected chi connectivity index (χ3v) is 9.32. The second kappa shape index (κ2) is 25.4. The molecule has 2 unspecified atom stereocenters. The van der Waals surface area contributed by atoms with Gasteiger partial charge in [0.25, 0.3) is 12.7 Å². The summed E-state index contributed by atoms with van der Waals surface area (Å²) in [6.45, 7) is 4.55. The highest BCUT2D eigenvalue weighted by Crippen LogP contribution is 2.13. The summed E-state index contributed by atoms with van der Waals surface area (Å²) in [5.41, 5.74) is 4.34. The van der Waals surface area contributed by atoms with Crippen LogP contribution in [0.25, 0.3) is 22.1 Å². The fourth-order valence-electron chi connectivity index (χ4n) is 6.14. The lowest BCUT2D eigenvalue weighted by Crippen LogP contribution is -3.00. The predicted molar refractivity (Wildman–Crippen MR) is 230 cm³/mol. The summed E-state index contributed by atoms with van der Waals surface area (Å²) in [5, 5.41) is 93.1. The SMILES string of the molecule is CC(C)C(N=NCC(O)[n+]1cn(O)c2ccccc21)=NN=c1ccccn1CCO.OCCn1ccccc1=NN=C(N=NCC(O)[n+]1cn(O)c2ccccc21)c1ccccc1.[Cl-].[Cl-]. The minimum Gasteiger partial charge on any atom is -1.00 e. The lowest BCUT2D eigenvalue weighted by atomic mass is 10.2. The van der Waals surface area contributed by atoms with Crippen molar-refractivity contribution >= 4 is 33.7 Å². The van der Waals surface area contributed by atoms with Gasteiger partial charge in [0.1, 0.15) is 13.1 Å². The molecule has 0 aliphatic rings. The Labute approximate surface area is 385 Å². The maximum absolute atomic E-state index is 10.6. The van der Waals surface area contributed by atoms with E-state index in [1.165, 1.54) is 21.8 Å². The first-order chi connectivity index (χ1) is 30.7. The van der Waals surface area contributed by atoms with Gasteiger partial charge in [-0.2, -0.15) is 19.4 Å². The summed E-state index contributed by atoms with van der Waals surface area (Å²) in [5.74, 6) is 0.657. The Hall–Kier alpha value is -6.94. The molecule has 6 N–H and O–H groups in total. The molecule has 0 aliphatic heterocycles. The molecule has 0 aliphatic carbocycles. The fourth-order valence-corrected chi connectivity index (χ4v) is 6.14. The molecule has 0 saturated heterocycles. The first-order valence-corrected chi connectivity index (χ1v) is 20.0. The van der Waals surface area contributed by atoms with E-state index in [1.807, 2.05) is 86.8 Å². The highest BCUT2D eigenvalue weighted by molar-refractivity contribution is 5.98. The molecule has 2 atom stereocenters. The van der Waals surface area contributed by atoms with Crippen molar-refractivity contribution in [3.8, 4) is 0 Å². The van der Waals surface area contributed by atoms with Crippen molar-refractivity contribution in [2.75, 3.05) is 26.3 Å². The summed E-state index contributed by atoms with van der Waals surface area (Å²) in [4.78, 5) is 0. The number of hydrogen-bond acceptors (Lipinski definition) is 12. The van der Waals surface area contributed by atoms with Crippen LogP contribution in [0.2, 0.25) is 0 Å². The van der Waals surface area contributed by atoms with Gasteiger partial charge < -0.3 is 64.8 Å². The van der Waals surface area contributed by atoms with Crippen LogP contribution in [0.5, 0.6) is 0 Å². The molecule has 22 heteroatoms. The molecule has 4 aromatic heterocycles. The summed E-state index contributed by atoms with van der Waals surface area (Å²) in [6, 6.07) is 34.5. The van der Waals surface area contributed by atoms with Crippen molar-refractivity contribution in [2.24, 2.45) is 46.8 Å². The fraction of sp³-hybridized carbons (Fsp3) is 0.256. The third kappa shape index (κ3) is 13.5. The number of rotatable bonds is 14. The quantitative estimate of drug-likeness (QED) is 0.0170. The van der Waals surface area contributed by atoms with Gasteiger partial charge in [-0.05, 0) is 58.0 Å². The minimum absolute atomic E-state index is 0. The van der Waals surface area contributed by atoms with E-state index in [4.69, 9.17) is 5.11 Å². The molecule has 3 aromatic carbocycles. The summed E-state index contributed by atoms with van der Waals surface area (Å²) in [6.07, 6.45) is 4.36. The van der Waals surface area contributed by atoms with Gasteiger partial charge in [-0.1, -0.05) is 80.6 Å². The lowest BCUT2D eigenvalue weighted by molar-refractivity contribution is -0.736. The molecule has 0 amide bonds. The monoisotopic (exact) mass is 928 g/mol. The standard InChI is InChI=1S/C23H24N7O3.C20H26N7O3.2ClH/c31-15-14-28-13-7-6-12-21(28)25-27-23(18-8-2-1-3-9-18)26-24-16-22(32)29-17-30(33)20-11-5-4-10-19(20)29;1-15(2)20(24-22-18-9-5-6-10-25(18)11-12-28)23-21-13-19(29)26-14-27(30)17-8-4-3-7-16(17)26;;/h1-13,17,22,31-33H,14-16H2;3-10,14-15,19,28-30H,11-13H2,1-2H3;2*1H/q2*+1;;/p-2. The molecule has 342 valence electrons. The van der Waals surface area contributed by atoms with Crippen LogP contribution >= 0.6 is 0 Å². The van der Waals surface area contributed by atoms with Crippen LogP contribution in [0.3, 0.4) is 0 Å². The molecule has 7 aromatic rings. The van der Waals surface area contributed by atoms with Gasteiger partial charge in [-0.15, -0.1) is 30.6 Å². The number of imidazole rings is 2. The van der Waals surface area contributed by atoms with Gasteiger partial charge in [0.05, 0.1) is 13.2 Å². The Morgan fingerprint density at radius 3 is 1.51 bits per heavy atom. The van der Waals surface area contributed by atoms with E-state index >= 15 is 0 Å². The molecule has 0 radical (unpaired) electrons. The van der Waals surface area contributed by atoms with Crippen molar-refractivity contribution in [1.29, 1.82) is 0 Å². The summed E-state index contributed by atoms with van der Waals surface area (Å²) >= 11 is 0. The van der Waals surface area contributed by atoms with Crippen molar-refractivity contribution in [3.63, 3.8) is 0 Å². The number of azo groups is 2. The molecule has 0 spiro atoms. The second-order valence-electron chi connectivity index (χ2n) is 14.1. The van der Waals surface area contributed by atoms with Crippen LogP contribution in [-0.4, -0.2) is 87.4 Å². The maximum Gasteiger partial charge on any atom is 0.287 e. The Kier molecular flexibility index (Phi) is 19.8. The number of aliphatic hydroxyl groups is 4. The molecule has 65 heavy (non-hydrogen) atoms. The first-order valence-electron chi connectivity index (χ1n) is 20.0. The topological polar surface area (TPSA) is 248 Å². The van der Waals surface area contributed by atoms with Crippen LogP contribution < -0.4 is 44.9 Å². The number of amidine groups is 2. The van der Waals surface area contributed by atoms with Crippen molar-refractivity contribution < 1.29 is 64.8 Å². The third-order valence-electron chi connectivity index (χ3n) is 9.32. The zero-order valence-electron chi connectivity index (χ0n) is 35.5. The molecule has 0 fully saturated rings. The van der Waals surface area contributed by atoms with Crippen LogP contribution in [0, 0.1) is 5.92 Å². The number of aromatic nitrogens is 6. The Bertz CT molecular complexity index is 2860. The number of pyridine rings is 2. The Morgan fingerprint density at radius 1 is 0.569 bits per heavy atom. The van der Waals surface area contributed by atoms with E-state index < -0.39 is 12.5 Å². The summed E-state index contributed by atoms with van der Waals surface area (Å²) in [7, 11) is 0. The number of benzene rings is 3. The summed E-state index contributed by atoms with van der Waals surface area (Å²) < 4.78 is 8.49. The van der Waals surface area contributed by atoms with Gasteiger partial charge in [0.2, 0.25) is 29.3 Å². The molecule has 4 heterocycles. The number of halogens is 2. The zero-order valence-corrected chi connectivity index (χ0v) is 37.0. The highest BCUT2D eigenvalue weighted by Gasteiger charge is 2.22. The van der Waals surface area contributed by atoms with Crippen LogP contribution in [0.1, 0.15) is 31.9 Å². The molecule has 7 rings (SSSR count). The molecule has 0 saturated carbocycles. The Balaban J connectivity index is 0.000000277. The van der Waals surface area contributed by atoms with E-state index in [9.17, 15) is 25.7 Å². The van der Waals surface area contributed by atoms with Crippen molar-refractivity contribution in [1.82, 2.24) is 18.6 Å². The normalized spacial score (nSPS) is 13.6. The number of aliphatic hydroxyl groups excluding tert-OH is 4. The lowest BCUT2D eigenvalue weighted by Gasteiger charge is -2.05. The van der Waals surface area contributed by atoms with Crippen molar-refractivity contribution in [2.45, 2.75) is 39.4 Å². The van der Waals surface area contributed by atoms with E-state index in [0.29, 0.717) is 57.5 Å². The van der Waals surface area contributed by atoms with Gasteiger partial charge in [0, 0.05) is 37.0 Å². The smallest absolute Gasteiger partial charge is 0.287 e. The molecular formula is C43H50Cl2N14O6. The number of fused-ring (bicyclic) bond motifs is 2. The first kappa shape index (κ1) is 50.7. The van der Waals surface area contributed by atoms with Crippen molar-refractivity contribution in [3.05, 3.63) is 157 Å². The molecule has 0 bridgehead atoms. The number of hydrogen-bond donors (Lipinski definition) is 6. The van der Waals surface area contributed by atoms with Crippen LogP contribution in [0.15, 0.2) is 181 Å². The molecular weight excluding hydrogens is 879 g/mol. The minimum atomic E-state index is -1.04. The Morgan fingerprint density at radius 2 is 1.02 bits per heavy atom. The van der Waals surface area contributed by atoms with E-state index in [1.54, 1.807) is 63.9 Å². The largest absolute Gasteiger partial charge is 1.00 e. The van der Waals surface area contributed by atoms with Gasteiger partial charge in [0.15, 0.2) is 27.8 Å². The van der Waals surface area contributed by atoms with Gasteiger partial charge in [-0.3, -0.25) is 0 Å². The van der Waals surface area contributed by atoms with Gasteiger partial charge in [-0.25, -0.2) is 0 Å². The van der Waals surface area contributed by atoms with Crippen LogP contribution in [0.4, 0.5) is 0 Å². The van der Waals surface area contributed by atoms with E-state index in [-0.39, 0.29) is 62.9 Å². The van der Waals surface area contributed by atoms with Crippen LogP contribution in [-0.2, 0) is 13.1 Å².